The molecule has 2 amide bonds. The second-order valence-electron chi connectivity index (χ2n) is 5.63. The van der Waals surface area contributed by atoms with E-state index in [-0.39, 0.29) is 11.6 Å². The Bertz CT molecular complexity index is 735. The fourth-order valence-electron chi connectivity index (χ4n) is 2.74. The summed E-state index contributed by atoms with van der Waals surface area (Å²) < 4.78 is 0. The summed E-state index contributed by atoms with van der Waals surface area (Å²) in [7, 11) is 0. The molecule has 0 radical (unpaired) electrons. The fourth-order valence-corrected chi connectivity index (χ4v) is 2.74. The summed E-state index contributed by atoms with van der Waals surface area (Å²) in [5.74, 6) is 0.0507. The summed E-state index contributed by atoms with van der Waals surface area (Å²) >= 11 is 0. The van der Waals surface area contributed by atoms with Gasteiger partial charge in [0.25, 0.3) is 11.8 Å². The third-order valence-corrected chi connectivity index (χ3v) is 4.00. The molecule has 1 aromatic heterocycles. The van der Waals surface area contributed by atoms with Gasteiger partial charge in [0.15, 0.2) is 0 Å². The van der Waals surface area contributed by atoms with Crippen LogP contribution >= 0.6 is 0 Å². The number of rotatable bonds is 3. The van der Waals surface area contributed by atoms with Gasteiger partial charge in [0.1, 0.15) is 11.5 Å². The molecule has 0 atom stereocenters. The highest BCUT2D eigenvalue weighted by atomic mass is 16.2. The number of carbonyl (C=O) groups is 2. The molecule has 0 aliphatic carbocycles. The van der Waals surface area contributed by atoms with Gasteiger partial charge < -0.3 is 15.5 Å². The summed E-state index contributed by atoms with van der Waals surface area (Å²) in [6.45, 7) is 2.66. The molecule has 2 aromatic rings. The molecule has 0 unspecified atom stereocenters. The number of aromatic nitrogens is 2. The van der Waals surface area contributed by atoms with E-state index in [1.165, 1.54) is 6.20 Å². The summed E-state index contributed by atoms with van der Waals surface area (Å²) in [5.41, 5.74) is 6.10. The maximum Gasteiger partial charge on any atom is 0.268 e. The van der Waals surface area contributed by atoms with E-state index in [0.717, 1.165) is 13.0 Å². The van der Waals surface area contributed by atoms with Crippen molar-refractivity contribution in [1.82, 2.24) is 14.9 Å². The zero-order chi connectivity index (χ0) is 16.9. The fraction of sp³-hybridized carbons (Fsp3) is 0.294. The standard InChI is InChI=1S/C17H19N5O2/c18-16(23)14-11-19-12-15(20-14)21-7-4-8-22(10-9-21)17(24)13-5-2-1-3-6-13/h1-3,5-6,11-12H,4,7-10H2,(H2,18,23). The topological polar surface area (TPSA) is 92.4 Å². The van der Waals surface area contributed by atoms with E-state index >= 15 is 0 Å². The maximum absolute atomic E-state index is 12.6. The molecule has 124 valence electrons. The van der Waals surface area contributed by atoms with Crippen molar-refractivity contribution in [2.45, 2.75) is 6.42 Å². The molecular formula is C17H19N5O2. The van der Waals surface area contributed by atoms with E-state index in [1.807, 2.05) is 40.1 Å². The lowest BCUT2D eigenvalue weighted by Crippen LogP contribution is -2.35. The van der Waals surface area contributed by atoms with Crippen LogP contribution in [0.3, 0.4) is 0 Å². The second kappa shape index (κ2) is 7.08. The molecule has 2 N–H and O–H groups in total. The Morgan fingerprint density at radius 1 is 1.00 bits per heavy atom. The third kappa shape index (κ3) is 3.51. The Kier molecular flexibility index (Phi) is 4.69. The first kappa shape index (κ1) is 15.9. The molecule has 0 saturated carbocycles. The van der Waals surface area contributed by atoms with Crippen LogP contribution in [-0.2, 0) is 0 Å². The molecule has 0 bridgehead atoms. The second-order valence-corrected chi connectivity index (χ2v) is 5.63. The predicted molar refractivity (Wildman–Crippen MR) is 89.7 cm³/mol. The molecule has 7 heteroatoms. The van der Waals surface area contributed by atoms with E-state index in [1.54, 1.807) is 6.20 Å². The minimum Gasteiger partial charge on any atom is -0.364 e. The predicted octanol–water partition coefficient (Wildman–Crippen LogP) is 0.928. The molecule has 1 fully saturated rings. The highest BCUT2D eigenvalue weighted by Gasteiger charge is 2.21. The number of carbonyl (C=O) groups excluding carboxylic acids is 2. The van der Waals surface area contributed by atoms with Gasteiger partial charge in [-0.15, -0.1) is 0 Å². The number of nitrogens with zero attached hydrogens (tertiary/aromatic N) is 4. The summed E-state index contributed by atoms with van der Waals surface area (Å²) in [4.78, 5) is 36.0. The molecule has 1 aliphatic rings. The average Bonchev–Trinajstić information content (AvgIpc) is 2.88. The van der Waals surface area contributed by atoms with Crippen LogP contribution in [0.5, 0.6) is 0 Å². The van der Waals surface area contributed by atoms with Crippen molar-refractivity contribution in [1.29, 1.82) is 0 Å². The van der Waals surface area contributed by atoms with Crippen molar-refractivity contribution in [3.05, 3.63) is 54.0 Å². The van der Waals surface area contributed by atoms with E-state index in [2.05, 4.69) is 9.97 Å². The van der Waals surface area contributed by atoms with Gasteiger partial charge in [0.2, 0.25) is 0 Å². The van der Waals surface area contributed by atoms with Crippen LogP contribution in [0.15, 0.2) is 42.7 Å². The van der Waals surface area contributed by atoms with Gasteiger partial charge >= 0.3 is 0 Å². The van der Waals surface area contributed by atoms with Gasteiger partial charge in [-0.25, -0.2) is 4.98 Å². The average molecular weight is 325 g/mol. The molecular weight excluding hydrogens is 306 g/mol. The van der Waals surface area contributed by atoms with Crippen molar-refractivity contribution in [2.24, 2.45) is 5.73 Å². The minimum absolute atomic E-state index is 0.0365. The minimum atomic E-state index is -0.597. The monoisotopic (exact) mass is 325 g/mol. The maximum atomic E-state index is 12.6. The van der Waals surface area contributed by atoms with Crippen LogP contribution in [0.1, 0.15) is 27.3 Å². The van der Waals surface area contributed by atoms with E-state index in [9.17, 15) is 9.59 Å². The number of primary amides is 1. The molecule has 7 nitrogen and oxygen atoms in total. The zero-order valence-electron chi connectivity index (χ0n) is 13.3. The first-order valence-corrected chi connectivity index (χ1v) is 7.86. The van der Waals surface area contributed by atoms with Crippen LogP contribution in [0, 0.1) is 0 Å². The summed E-state index contributed by atoms with van der Waals surface area (Å²) in [6, 6.07) is 9.27. The molecule has 3 rings (SSSR count). The van der Waals surface area contributed by atoms with Crippen LogP contribution in [0.2, 0.25) is 0 Å². The van der Waals surface area contributed by atoms with E-state index in [4.69, 9.17) is 5.73 Å². The Labute approximate surface area is 140 Å². The van der Waals surface area contributed by atoms with Crippen LogP contribution in [0.25, 0.3) is 0 Å². The van der Waals surface area contributed by atoms with Crippen molar-refractivity contribution in [3.8, 4) is 0 Å². The highest BCUT2D eigenvalue weighted by Crippen LogP contribution is 2.15. The molecule has 2 heterocycles. The van der Waals surface area contributed by atoms with E-state index in [0.29, 0.717) is 31.0 Å². The first-order chi connectivity index (χ1) is 11.6. The lowest BCUT2D eigenvalue weighted by molar-refractivity contribution is 0.0767. The molecule has 24 heavy (non-hydrogen) atoms. The SMILES string of the molecule is NC(=O)c1cncc(N2CCCN(C(=O)c3ccccc3)CC2)n1. The number of amides is 2. The van der Waals surface area contributed by atoms with Crippen LogP contribution in [-0.4, -0.2) is 52.9 Å². The Morgan fingerprint density at radius 2 is 1.79 bits per heavy atom. The van der Waals surface area contributed by atoms with Crippen molar-refractivity contribution in [2.75, 3.05) is 31.1 Å². The first-order valence-electron chi connectivity index (χ1n) is 7.86. The highest BCUT2D eigenvalue weighted by molar-refractivity contribution is 5.94. The van der Waals surface area contributed by atoms with Gasteiger partial charge in [0, 0.05) is 31.7 Å². The van der Waals surface area contributed by atoms with Crippen molar-refractivity contribution < 1.29 is 9.59 Å². The largest absolute Gasteiger partial charge is 0.364 e. The smallest absolute Gasteiger partial charge is 0.268 e. The molecule has 0 spiro atoms. The number of hydrogen-bond acceptors (Lipinski definition) is 5. The van der Waals surface area contributed by atoms with Crippen LogP contribution in [0.4, 0.5) is 5.82 Å². The number of hydrogen-bond donors (Lipinski definition) is 1. The summed E-state index contributed by atoms with van der Waals surface area (Å²) in [5, 5.41) is 0. The molecule has 1 aromatic carbocycles. The van der Waals surface area contributed by atoms with Crippen molar-refractivity contribution in [3.63, 3.8) is 0 Å². The Hall–Kier alpha value is -2.96. The quantitative estimate of drug-likeness (QED) is 0.906. The van der Waals surface area contributed by atoms with Gasteiger partial charge in [-0.3, -0.25) is 14.6 Å². The Morgan fingerprint density at radius 3 is 2.54 bits per heavy atom. The molecule has 1 saturated heterocycles. The molecule has 1 aliphatic heterocycles. The zero-order valence-corrected chi connectivity index (χ0v) is 13.3. The normalized spacial score (nSPS) is 15.0. The lowest BCUT2D eigenvalue weighted by Gasteiger charge is -2.22. The van der Waals surface area contributed by atoms with Gasteiger partial charge in [-0.2, -0.15) is 0 Å². The Balaban J connectivity index is 1.70. The van der Waals surface area contributed by atoms with Gasteiger partial charge in [0.05, 0.1) is 12.4 Å². The van der Waals surface area contributed by atoms with Crippen LogP contribution < -0.4 is 10.6 Å². The number of benzene rings is 1. The van der Waals surface area contributed by atoms with Gasteiger partial charge in [-0.1, -0.05) is 18.2 Å². The number of anilines is 1. The van der Waals surface area contributed by atoms with Crippen molar-refractivity contribution >= 4 is 17.6 Å². The number of nitrogens with two attached hydrogens (primary N) is 1. The third-order valence-electron chi connectivity index (χ3n) is 4.00. The lowest BCUT2D eigenvalue weighted by atomic mass is 10.2. The van der Waals surface area contributed by atoms with E-state index < -0.39 is 5.91 Å². The summed E-state index contributed by atoms with van der Waals surface area (Å²) in [6.07, 6.45) is 3.79. The van der Waals surface area contributed by atoms with Gasteiger partial charge in [-0.05, 0) is 18.6 Å².